The number of hydrogen-bond donors (Lipinski definition) is 1. The van der Waals surface area contributed by atoms with Gasteiger partial charge in [-0.2, -0.15) is 0 Å². The topological polar surface area (TPSA) is 15.3 Å². The Morgan fingerprint density at radius 1 is 1.50 bits per heavy atom. The lowest BCUT2D eigenvalue weighted by atomic mass is 10.1. The molecule has 12 heavy (non-hydrogen) atoms. The minimum Gasteiger partial charge on any atom is -0.314 e. The van der Waals surface area contributed by atoms with Gasteiger partial charge >= 0.3 is 0 Å². The summed E-state index contributed by atoms with van der Waals surface area (Å²) in [6.07, 6.45) is -0.0417. The maximum absolute atomic E-state index is 12.4. The van der Waals surface area contributed by atoms with Gasteiger partial charge in [-0.3, -0.25) is 0 Å². The second kappa shape index (κ2) is 3.66. The van der Waals surface area contributed by atoms with E-state index in [2.05, 4.69) is 5.32 Å². The number of hydrogen-bond acceptors (Lipinski definition) is 2. The molecular formula is C8H16F2N2. The SMILES string of the molecule is CN(CCC(C)(F)F)C1CNC1. The molecule has 1 aliphatic heterocycles. The first-order chi connectivity index (χ1) is 5.49. The molecule has 2 nitrogen and oxygen atoms in total. The van der Waals surface area contributed by atoms with Gasteiger partial charge in [0, 0.05) is 32.1 Å². The molecule has 1 fully saturated rings. The van der Waals surface area contributed by atoms with Crippen molar-refractivity contribution in [3.8, 4) is 0 Å². The van der Waals surface area contributed by atoms with E-state index in [9.17, 15) is 8.78 Å². The highest BCUT2D eigenvalue weighted by Crippen LogP contribution is 2.17. The summed E-state index contributed by atoms with van der Waals surface area (Å²) in [6, 6.07) is 0.465. The Balaban J connectivity index is 2.13. The van der Waals surface area contributed by atoms with Crippen LogP contribution in [0.1, 0.15) is 13.3 Å². The van der Waals surface area contributed by atoms with Crippen molar-refractivity contribution in [3.63, 3.8) is 0 Å². The lowest BCUT2D eigenvalue weighted by Crippen LogP contribution is -2.56. The zero-order valence-corrected chi connectivity index (χ0v) is 7.61. The molecule has 4 heteroatoms. The van der Waals surface area contributed by atoms with Crippen LogP contribution in [-0.2, 0) is 0 Å². The number of nitrogens with one attached hydrogen (secondary N) is 1. The van der Waals surface area contributed by atoms with Gasteiger partial charge in [-0.25, -0.2) is 8.78 Å². The smallest absolute Gasteiger partial charge is 0.246 e. The van der Waals surface area contributed by atoms with E-state index in [0.29, 0.717) is 12.6 Å². The first-order valence-corrected chi connectivity index (χ1v) is 4.28. The molecule has 0 aliphatic carbocycles. The van der Waals surface area contributed by atoms with Crippen LogP contribution in [0.25, 0.3) is 0 Å². The van der Waals surface area contributed by atoms with Crippen molar-refractivity contribution in [1.29, 1.82) is 0 Å². The molecule has 0 aromatic heterocycles. The first kappa shape index (κ1) is 9.86. The normalized spacial score (nSPS) is 19.8. The maximum atomic E-state index is 12.4. The van der Waals surface area contributed by atoms with Gasteiger partial charge in [-0.05, 0) is 14.0 Å². The minimum atomic E-state index is -2.52. The van der Waals surface area contributed by atoms with E-state index in [1.807, 2.05) is 11.9 Å². The average molecular weight is 178 g/mol. The van der Waals surface area contributed by atoms with E-state index in [1.54, 1.807) is 0 Å². The third kappa shape index (κ3) is 3.03. The molecule has 0 spiro atoms. The summed E-state index contributed by atoms with van der Waals surface area (Å²) < 4.78 is 24.9. The Morgan fingerprint density at radius 2 is 2.08 bits per heavy atom. The number of halogens is 2. The van der Waals surface area contributed by atoms with Gasteiger partial charge in [0.2, 0.25) is 5.92 Å². The van der Waals surface area contributed by atoms with Crippen LogP contribution in [0.15, 0.2) is 0 Å². The van der Waals surface area contributed by atoms with E-state index >= 15 is 0 Å². The zero-order valence-electron chi connectivity index (χ0n) is 7.61. The molecule has 0 aromatic carbocycles. The molecule has 72 valence electrons. The fourth-order valence-electron chi connectivity index (χ4n) is 1.14. The van der Waals surface area contributed by atoms with Crippen LogP contribution in [0, 0.1) is 0 Å². The Kier molecular flexibility index (Phi) is 3.01. The third-order valence-electron chi connectivity index (χ3n) is 2.29. The second-order valence-electron chi connectivity index (χ2n) is 3.61. The average Bonchev–Trinajstić information content (AvgIpc) is 1.78. The zero-order chi connectivity index (χ0) is 9.19. The molecule has 0 amide bonds. The lowest BCUT2D eigenvalue weighted by Gasteiger charge is -2.36. The fourth-order valence-corrected chi connectivity index (χ4v) is 1.14. The minimum absolute atomic E-state index is 0.0417. The Bertz CT molecular complexity index is 140. The lowest BCUT2D eigenvalue weighted by molar-refractivity contribution is -0.000224. The number of nitrogens with zero attached hydrogens (tertiary/aromatic N) is 1. The van der Waals surface area contributed by atoms with Crippen LogP contribution in [0.2, 0.25) is 0 Å². The summed E-state index contributed by atoms with van der Waals surface area (Å²) in [5.41, 5.74) is 0. The summed E-state index contributed by atoms with van der Waals surface area (Å²) >= 11 is 0. The summed E-state index contributed by atoms with van der Waals surface area (Å²) in [4.78, 5) is 1.99. The Morgan fingerprint density at radius 3 is 2.42 bits per heavy atom. The Labute approximate surface area is 71.9 Å². The van der Waals surface area contributed by atoms with E-state index in [0.717, 1.165) is 20.0 Å². The molecule has 1 heterocycles. The summed E-state index contributed by atoms with van der Waals surface area (Å²) in [6.45, 7) is 3.33. The van der Waals surface area contributed by atoms with Gasteiger partial charge in [0.05, 0.1) is 0 Å². The molecule has 0 atom stereocenters. The van der Waals surface area contributed by atoms with Crippen LogP contribution in [0.5, 0.6) is 0 Å². The molecule has 1 rings (SSSR count). The molecule has 0 aromatic rings. The van der Waals surface area contributed by atoms with Crippen molar-refractivity contribution in [1.82, 2.24) is 10.2 Å². The summed E-state index contributed by atoms with van der Waals surface area (Å²) in [7, 11) is 1.90. The molecule has 0 unspecified atom stereocenters. The van der Waals surface area contributed by atoms with Crippen molar-refractivity contribution >= 4 is 0 Å². The number of likely N-dealkylation sites (N-methyl/N-ethyl adjacent to an activating group) is 1. The van der Waals surface area contributed by atoms with Crippen LogP contribution >= 0.6 is 0 Å². The van der Waals surface area contributed by atoms with Crippen molar-refractivity contribution in [2.75, 3.05) is 26.7 Å². The fraction of sp³-hybridized carbons (Fsp3) is 1.00. The van der Waals surface area contributed by atoms with E-state index in [4.69, 9.17) is 0 Å². The standard InChI is InChI=1S/C8H16F2N2/c1-8(9,10)3-4-12(2)7-5-11-6-7/h7,11H,3-6H2,1-2H3. The van der Waals surface area contributed by atoms with Crippen LogP contribution < -0.4 is 5.32 Å². The summed E-state index contributed by atoms with van der Waals surface area (Å²) in [5, 5.41) is 3.11. The molecule has 0 radical (unpaired) electrons. The summed E-state index contributed by atoms with van der Waals surface area (Å²) in [5.74, 6) is -2.52. The number of rotatable bonds is 4. The quantitative estimate of drug-likeness (QED) is 0.689. The van der Waals surface area contributed by atoms with Gasteiger partial charge in [0.25, 0.3) is 0 Å². The maximum Gasteiger partial charge on any atom is 0.246 e. The van der Waals surface area contributed by atoms with Gasteiger partial charge in [0.15, 0.2) is 0 Å². The first-order valence-electron chi connectivity index (χ1n) is 4.28. The monoisotopic (exact) mass is 178 g/mol. The van der Waals surface area contributed by atoms with Crippen LogP contribution in [-0.4, -0.2) is 43.5 Å². The largest absolute Gasteiger partial charge is 0.314 e. The molecular weight excluding hydrogens is 162 g/mol. The number of alkyl halides is 2. The molecule has 1 aliphatic rings. The van der Waals surface area contributed by atoms with Gasteiger partial charge < -0.3 is 10.2 Å². The Hall–Kier alpha value is -0.220. The predicted molar refractivity (Wildman–Crippen MR) is 44.5 cm³/mol. The van der Waals surface area contributed by atoms with Crippen LogP contribution in [0.4, 0.5) is 8.78 Å². The highest BCUT2D eigenvalue weighted by Gasteiger charge is 2.25. The highest BCUT2D eigenvalue weighted by atomic mass is 19.3. The van der Waals surface area contributed by atoms with E-state index in [-0.39, 0.29) is 6.42 Å². The van der Waals surface area contributed by atoms with Gasteiger partial charge in [-0.1, -0.05) is 0 Å². The van der Waals surface area contributed by atoms with Gasteiger partial charge in [0.1, 0.15) is 0 Å². The van der Waals surface area contributed by atoms with E-state index < -0.39 is 5.92 Å². The third-order valence-corrected chi connectivity index (χ3v) is 2.29. The van der Waals surface area contributed by atoms with Gasteiger partial charge in [-0.15, -0.1) is 0 Å². The van der Waals surface area contributed by atoms with Crippen LogP contribution in [0.3, 0.4) is 0 Å². The van der Waals surface area contributed by atoms with Crippen molar-refractivity contribution < 1.29 is 8.78 Å². The molecule has 1 saturated heterocycles. The van der Waals surface area contributed by atoms with E-state index in [1.165, 1.54) is 0 Å². The highest BCUT2D eigenvalue weighted by molar-refractivity contribution is 4.83. The molecule has 0 bridgehead atoms. The van der Waals surface area contributed by atoms with Crippen molar-refractivity contribution in [3.05, 3.63) is 0 Å². The molecule has 0 saturated carbocycles. The van der Waals surface area contributed by atoms with Crippen molar-refractivity contribution in [2.24, 2.45) is 0 Å². The molecule has 1 N–H and O–H groups in total. The van der Waals surface area contributed by atoms with Crippen molar-refractivity contribution in [2.45, 2.75) is 25.3 Å². The second-order valence-corrected chi connectivity index (χ2v) is 3.61. The predicted octanol–water partition coefficient (Wildman–Crippen LogP) is 0.935.